The third-order valence-corrected chi connectivity index (χ3v) is 0.814. The Balaban J connectivity index is 2.57. The van der Waals surface area contributed by atoms with E-state index in [0.29, 0.717) is 6.73 Å². The summed E-state index contributed by atoms with van der Waals surface area (Å²) in [4.78, 5) is 0. The molecule has 0 amide bonds. The van der Waals surface area contributed by atoms with Crippen molar-refractivity contribution in [3.63, 3.8) is 0 Å². The van der Waals surface area contributed by atoms with Crippen molar-refractivity contribution in [2.24, 2.45) is 0 Å². The quantitative estimate of drug-likeness (QED) is 0.445. The van der Waals surface area contributed by atoms with E-state index < -0.39 is 0 Å². The average molecular weight is 102 g/mol. The fourth-order valence-electron chi connectivity index (χ4n) is 0.411. The second-order valence-corrected chi connectivity index (χ2v) is 1.79. The van der Waals surface area contributed by atoms with E-state index in [-0.39, 0.29) is 4.65 Å². The summed E-state index contributed by atoms with van der Waals surface area (Å²) in [6.45, 7) is 0.333. The second kappa shape index (κ2) is 1.21. The van der Waals surface area contributed by atoms with Crippen molar-refractivity contribution >= 4 is 0 Å². The molecule has 3 heteroatoms. The predicted octanol–water partition coefficient (Wildman–Crippen LogP) is 0.281. The first-order valence-corrected chi connectivity index (χ1v) is 2.08. The number of rotatable bonds is 0. The van der Waals surface area contributed by atoms with Crippen molar-refractivity contribution in [2.75, 3.05) is 13.8 Å². The normalized spacial score (nSPS) is 38.6. The maximum absolute atomic E-state index is 8.92. The van der Waals surface area contributed by atoms with Gasteiger partial charge in [0.2, 0.25) is 0 Å². The molecule has 0 fully saturated rings. The SMILES string of the molecule is C[N+]1(O)C=COC1. The minimum absolute atomic E-state index is 0.153. The van der Waals surface area contributed by atoms with E-state index in [1.807, 2.05) is 0 Å². The smallest absolute Gasteiger partial charge is 0.256 e. The van der Waals surface area contributed by atoms with E-state index in [1.54, 1.807) is 13.2 Å². The molecule has 1 N–H and O–H groups in total. The third kappa shape index (κ3) is 0.913. The maximum Gasteiger partial charge on any atom is 0.256 e. The van der Waals surface area contributed by atoms with Crippen molar-refractivity contribution in [2.45, 2.75) is 0 Å². The lowest BCUT2D eigenvalue weighted by atomic mass is 10.8. The summed E-state index contributed by atoms with van der Waals surface area (Å²) in [6, 6.07) is 0. The Labute approximate surface area is 42.0 Å². The monoisotopic (exact) mass is 102 g/mol. The molecular formula is C4H8NO2+. The van der Waals surface area contributed by atoms with Crippen LogP contribution in [0.4, 0.5) is 0 Å². The van der Waals surface area contributed by atoms with Crippen LogP contribution >= 0.6 is 0 Å². The molecule has 1 heterocycles. The van der Waals surface area contributed by atoms with Gasteiger partial charge in [-0.05, 0) is 0 Å². The van der Waals surface area contributed by atoms with Crippen LogP contribution in [0.15, 0.2) is 12.5 Å². The van der Waals surface area contributed by atoms with Crippen LogP contribution in [0.2, 0.25) is 0 Å². The molecule has 1 atom stereocenters. The van der Waals surface area contributed by atoms with Gasteiger partial charge in [0.1, 0.15) is 13.3 Å². The first-order chi connectivity index (χ1) is 3.21. The topological polar surface area (TPSA) is 29.5 Å². The Bertz CT molecular complexity index is 97.9. The van der Waals surface area contributed by atoms with Crippen molar-refractivity contribution in [1.82, 2.24) is 0 Å². The second-order valence-electron chi connectivity index (χ2n) is 1.79. The van der Waals surface area contributed by atoms with Crippen LogP contribution in [0.1, 0.15) is 0 Å². The molecule has 1 aliphatic rings. The van der Waals surface area contributed by atoms with Gasteiger partial charge in [0.15, 0.2) is 6.20 Å². The summed E-state index contributed by atoms with van der Waals surface area (Å²) in [5.41, 5.74) is 0. The standard InChI is InChI=1S/C4H8NO2/c1-5(6)2-3-7-4-5/h2-3,6H,4H2,1H3/q+1. The molecule has 0 saturated carbocycles. The first-order valence-electron chi connectivity index (χ1n) is 2.08. The lowest BCUT2D eigenvalue weighted by Crippen LogP contribution is -2.31. The molecular weight excluding hydrogens is 94.0 g/mol. The molecule has 0 spiro atoms. The Morgan fingerprint density at radius 2 is 2.57 bits per heavy atom. The largest absolute Gasteiger partial charge is 0.444 e. The number of ether oxygens (including phenoxy) is 1. The van der Waals surface area contributed by atoms with Crippen molar-refractivity contribution in [1.29, 1.82) is 0 Å². The number of hydrogen-bond donors (Lipinski definition) is 1. The van der Waals surface area contributed by atoms with E-state index in [1.165, 1.54) is 6.26 Å². The molecule has 0 aromatic rings. The molecule has 0 aromatic carbocycles. The van der Waals surface area contributed by atoms with Crippen molar-refractivity contribution in [3.05, 3.63) is 12.5 Å². The van der Waals surface area contributed by atoms with E-state index >= 15 is 0 Å². The fraction of sp³-hybridized carbons (Fsp3) is 0.500. The van der Waals surface area contributed by atoms with Gasteiger partial charge in [0, 0.05) is 0 Å². The van der Waals surface area contributed by atoms with Crippen LogP contribution in [0.25, 0.3) is 0 Å². The number of quaternary nitrogens is 1. The Morgan fingerprint density at radius 1 is 1.86 bits per heavy atom. The van der Waals surface area contributed by atoms with Crippen LogP contribution in [0.5, 0.6) is 0 Å². The summed E-state index contributed by atoms with van der Waals surface area (Å²) < 4.78 is 4.55. The van der Waals surface area contributed by atoms with Crippen molar-refractivity contribution in [3.8, 4) is 0 Å². The van der Waals surface area contributed by atoms with E-state index in [2.05, 4.69) is 0 Å². The summed E-state index contributed by atoms with van der Waals surface area (Å²) >= 11 is 0. The minimum Gasteiger partial charge on any atom is -0.444 e. The molecule has 0 aromatic heterocycles. The van der Waals surface area contributed by atoms with Crippen LogP contribution in [-0.4, -0.2) is 23.6 Å². The van der Waals surface area contributed by atoms with E-state index in [0.717, 1.165) is 0 Å². The molecule has 0 aliphatic carbocycles. The molecule has 1 rings (SSSR count). The zero-order valence-electron chi connectivity index (χ0n) is 4.16. The summed E-state index contributed by atoms with van der Waals surface area (Å²) in [5.74, 6) is 0. The summed E-state index contributed by atoms with van der Waals surface area (Å²) in [6.07, 6.45) is 3.06. The fourth-order valence-corrected chi connectivity index (χ4v) is 0.411. The van der Waals surface area contributed by atoms with Gasteiger partial charge in [-0.1, -0.05) is 0 Å². The van der Waals surface area contributed by atoms with Gasteiger partial charge in [0.25, 0.3) is 6.73 Å². The van der Waals surface area contributed by atoms with Crippen LogP contribution in [0.3, 0.4) is 0 Å². The van der Waals surface area contributed by atoms with Gasteiger partial charge in [0.05, 0.1) is 0 Å². The summed E-state index contributed by atoms with van der Waals surface area (Å²) in [7, 11) is 1.64. The van der Waals surface area contributed by atoms with Gasteiger partial charge in [-0.15, -0.1) is 4.65 Å². The van der Waals surface area contributed by atoms with Crippen LogP contribution in [0, 0.1) is 0 Å². The average Bonchev–Trinajstić information content (AvgIpc) is 1.84. The molecule has 40 valence electrons. The molecule has 1 aliphatic heterocycles. The highest BCUT2D eigenvalue weighted by molar-refractivity contribution is 4.63. The summed E-state index contributed by atoms with van der Waals surface area (Å²) in [5, 5.41) is 8.92. The Hall–Kier alpha value is -0.540. The van der Waals surface area contributed by atoms with Gasteiger partial charge in [-0.3, -0.25) is 0 Å². The predicted molar refractivity (Wildman–Crippen MR) is 23.1 cm³/mol. The number of hydrogen-bond acceptors (Lipinski definition) is 2. The zero-order valence-corrected chi connectivity index (χ0v) is 4.16. The lowest BCUT2D eigenvalue weighted by Gasteiger charge is -2.11. The Kier molecular flexibility index (Phi) is 0.800. The minimum atomic E-state index is -0.153. The molecule has 3 nitrogen and oxygen atoms in total. The molecule has 1 unspecified atom stereocenters. The van der Waals surface area contributed by atoms with Gasteiger partial charge in [-0.2, -0.15) is 0 Å². The van der Waals surface area contributed by atoms with E-state index in [4.69, 9.17) is 9.94 Å². The number of hydroxylamine groups is 3. The highest BCUT2D eigenvalue weighted by Gasteiger charge is 2.19. The zero-order chi connectivity index (χ0) is 5.33. The highest BCUT2D eigenvalue weighted by Crippen LogP contribution is 2.04. The maximum atomic E-state index is 8.92. The highest BCUT2D eigenvalue weighted by atomic mass is 16.6. The van der Waals surface area contributed by atoms with Crippen molar-refractivity contribution < 1.29 is 14.6 Å². The molecule has 0 saturated heterocycles. The van der Waals surface area contributed by atoms with Gasteiger partial charge < -0.3 is 4.74 Å². The first kappa shape index (κ1) is 4.61. The molecule has 0 radical (unpaired) electrons. The van der Waals surface area contributed by atoms with Gasteiger partial charge in [-0.25, -0.2) is 5.21 Å². The Morgan fingerprint density at radius 3 is 2.71 bits per heavy atom. The molecule has 0 bridgehead atoms. The third-order valence-electron chi connectivity index (χ3n) is 0.814. The van der Waals surface area contributed by atoms with Crippen LogP contribution < -0.4 is 0 Å². The molecule has 7 heavy (non-hydrogen) atoms. The van der Waals surface area contributed by atoms with E-state index in [9.17, 15) is 0 Å². The lowest BCUT2D eigenvalue weighted by molar-refractivity contribution is -1.05. The van der Waals surface area contributed by atoms with Gasteiger partial charge >= 0.3 is 0 Å². The number of nitrogens with zero attached hydrogens (tertiary/aromatic N) is 1. The van der Waals surface area contributed by atoms with Crippen LogP contribution in [-0.2, 0) is 4.74 Å².